The minimum absolute atomic E-state index is 0.0467. The number of hydrogen-bond acceptors (Lipinski definition) is 8. The van der Waals surface area contributed by atoms with Gasteiger partial charge in [0, 0.05) is 23.5 Å². The monoisotopic (exact) mass is 606 g/mol. The molecule has 1 aliphatic heterocycles. The number of benzene rings is 2. The fourth-order valence-electron chi connectivity index (χ4n) is 4.94. The van der Waals surface area contributed by atoms with Gasteiger partial charge in [-0.2, -0.15) is 12.6 Å². The molecule has 5 atom stereocenters. The number of likely N-dealkylation sites (tertiary alicyclic amines) is 1. The quantitative estimate of drug-likeness (QED) is 0.116. The summed E-state index contributed by atoms with van der Waals surface area (Å²) in [7, 11) is 0. The highest BCUT2D eigenvalue weighted by molar-refractivity contribution is 9.08. The van der Waals surface area contributed by atoms with E-state index in [1.807, 2.05) is 24.3 Å². The fraction of sp³-hybridized carbons (Fsp3) is 0.423. The van der Waals surface area contributed by atoms with Crippen LogP contribution in [0.1, 0.15) is 37.5 Å². The molecule has 2 aromatic rings. The SMILES string of the molecule is C[C@H](N)C(=O)C(C)(CS)C(=O)N1CCC(C(O[N+](=O)[O-])c2[c]cccc2-c2cccc(CBr)c2)[C@H]1C(=O)O. The molecule has 3 rings (SSSR count). The van der Waals surface area contributed by atoms with Crippen LogP contribution in [0.3, 0.4) is 0 Å². The number of ketones is 1. The summed E-state index contributed by atoms with van der Waals surface area (Å²) in [6.07, 6.45) is -1.26. The van der Waals surface area contributed by atoms with Gasteiger partial charge in [-0.25, -0.2) is 4.79 Å². The van der Waals surface area contributed by atoms with Gasteiger partial charge in [-0.3, -0.25) is 9.59 Å². The minimum Gasteiger partial charge on any atom is -0.480 e. The van der Waals surface area contributed by atoms with Gasteiger partial charge in [-0.1, -0.05) is 58.4 Å². The molecule has 1 radical (unpaired) electrons. The summed E-state index contributed by atoms with van der Waals surface area (Å²) in [6.45, 7) is 2.77. The van der Waals surface area contributed by atoms with Crippen molar-refractivity contribution in [1.29, 1.82) is 0 Å². The number of nitrogens with zero attached hydrogens (tertiary/aromatic N) is 2. The van der Waals surface area contributed by atoms with Gasteiger partial charge < -0.3 is 20.6 Å². The lowest BCUT2D eigenvalue weighted by Gasteiger charge is -2.35. The normalized spacial score (nSPS) is 20.3. The van der Waals surface area contributed by atoms with Crippen molar-refractivity contribution in [3.8, 4) is 11.1 Å². The van der Waals surface area contributed by atoms with Gasteiger partial charge in [-0.05, 0) is 48.6 Å². The van der Waals surface area contributed by atoms with Crippen molar-refractivity contribution >= 4 is 46.2 Å². The van der Waals surface area contributed by atoms with E-state index in [1.165, 1.54) is 13.8 Å². The molecule has 1 fully saturated rings. The van der Waals surface area contributed by atoms with Crippen LogP contribution in [0, 0.1) is 27.5 Å². The van der Waals surface area contributed by atoms with E-state index >= 15 is 0 Å². The average Bonchev–Trinajstić information content (AvgIpc) is 3.35. The van der Waals surface area contributed by atoms with E-state index in [9.17, 15) is 29.6 Å². The topological polar surface area (TPSA) is 153 Å². The lowest BCUT2D eigenvalue weighted by atomic mass is 9.82. The van der Waals surface area contributed by atoms with Crippen molar-refractivity contribution < 1.29 is 29.4 Å². The first-order valence-electron chi connectivity index (χ1n) is 11.9. The predicted molar refractivity (Wildman–Crippen MR) is 146 cm³/mol. The highest BCUT2D eigenvalue weighted by Gasteiger charge is 2.53. The number of thiol groups is 1. The maximum absolute atomic E-state index is 13.6. The molecule has 3 unspecified atom stereocenters. The summed E-state index contributed by atoms with van der Waals surface area (Å²) in [5.41, 5.74) is 6.68. The maximum atomic E-state index is 13.6. The Bertz CT molecular complexity index is 1230. The maximum Gasteiger partial charge on any atom is 0.326 e. The third-order valence-corrected chi connectivity index (χ3v) is 8.14. The first kappa shape index (κ1) is 29.6. The van der Waals surface area contributed by atoms with Crippen LogP contribution in [0.4, 0.5) is 0 Å². The Kier molecular flexibility index (Phi) is 9.55. The Labute approximate surface area is 234 Å². The zero-order valence-corrected chi connectivity index (χ0v) is 23.4. The average molecular weight is 608 g/mol. The molecule has 0 bridgehead atoms. The number of aliphatic carboxylic acids is 1. The van der Waals surface area contributed by atoms with Gasteiger partial charge in [0.05, 0.1) is 6.04 Å². The second-order valence-corrected chi connectivity index (χ2v) is 10.3. The number of halogens is 1. The number of carboxylic acid groups (broad SMARTS) is 1. The first-order valence-corrected chi connectivity index (χ1v) is 13.6. The molecule has 1 aliphatic rings. The van der Waals surface area contributed by atoms with Crippen LogP contribution in [0.25, 0.3) is 11.1 Å². The number of alkyl halides is 1. The van der Waals surface area contributed by atoms with Crippen molar-refractivity contribution in [1.82, 2.24) is 4.90 Å². The molecule has 10 nitrogen and oxygen atoms in total. The second kappa shape index (κ2) is 12.3. The molecule has 38 heavy (non-hydrogen) atoms. The summed E-state index contributed by atoms with van der Waals surface area (Å²) < 4.78 is 0. The lowest BCUT2D eigenvalue weighted by Crippen LogP contribution is -2.55. The van der Waals surface area contributed by atoms with Crippen LogP contribution in [0.15, 0.2) is 42.5 Å². The zero-order valence-electron chi connectivity index (χ0n) is 20.9. The van der Waals surface area contributed by atoms with Crippen molar-refractivity contribution in [2.45, 2.75) is 43.8 Å². The number of carboxylic acids is 1. The van der Waals surface area contributed by atoms with Gasteiger partial charge in [0.1, 0.15) is 17.6 Å². The van der Waals surface area contributed by atoms with Crippen LogP contribution in [-0.4, -0.2) is 57.1 Å². The molecular formula is C26H29BrN3O7S. The van der Waals surface area contributed by atoms with Gasteiger partial charge in [-0.15, -0.1) is 10.1 Å². The molecule has 0 aromatic heterocycles. The second-order valence-electron chi connectivity index (χ2n) is 9.46. The van der Waals surface area contributed by atoms with E-state index in [0.717, 1.165) is 16.0 Å². The third-order valence-electron chi connectivity index (χ3n) is 6.86. The van der Waals surface area contributed by atoms with E-state index in [-0.39, 0.29) is 18.7 Å². The molecule has 0 saturated carbocycles. The predicted octanol–water partition coefficient (Wildman–Crippen LogP) is 3.45. The number of carbonyl (C=O) groups excluding carboxylic acids is 2. The molecule has 3 N–H and O–H groups in total. The standard InChI is InChI=1S/C26H29BrN3O7S/c1-15(28)23(31)26(2,14-38)25(34)29-11-10-20(21(29)24(32)33)22(37-30(35)36)19-9-4-3-8-18(19)17-7-5-6-16(12-17)13-27/h3-8,12,15,20-22,38H,10-11,13-14,28H2,1-2H3,(H,32,33)/t15-,20?,21-,22?,26?/m0/s1. The van der Waals surface area contributed by atoms with E-state index in [2.05, 4.69) is 34.6 Å². The summed E-state index contributed by atoms with van der Waals surface area (Å²) in [4.78, 5) is 56.8. The number of rotatable bonds is 11. The van der Waals surface area contributed by atoms with Crippen LogP contribution in [0.5, 0.6) is 0 Å². The van der Waals surface area contributed by atoms with E-state index in [4.69, 9.17) is 10.6 Å². The Balaban J connectivity index is 2.09. The van der Waals surface area contributed by atoms with E-state index in [1.54, 1.807) is 18.2 Å². The van der Waals surface area contributed by atoms with Crippen molar-refractivity contribution in [3.05, 3.63) is 69.8 Å². The lowest BCUT2D eigenvalue weighted by molar-refractivity contribution is -0.773. The highest BCUT2D eigenvalue weighted by atomic mass is 79.9. The Morgan fingerprint density at radius 3 is 2.66 bits per heavy atom. The molecule has 2 aromatic carbocycles. The Morgan fingerprint density at radius 1 is 1.37 bits per heavy atom. The van der Waals surface area contributed by atoms with E-state index < -0.39 is 52.3 Å². The number of carbonyl (C=O) groups is 3. The highest BCUT2D eigenvalue weighted by Crippen LogP contribution is 2.43. The number of amides is 1. The summed E-state index contributed by atoms with van der Waals surface area (Å²) >= 11 is 7.61. The number of hydrogen-bond donors (Lipinski definition) is 3. The van der Waals surface area contributed by atoms with Crippen LogP contribution >= 0.6 is 28.6 Å². The summed E-state index contributed by atoms with van der Waals surface area (Å²) in [5, 5.41) is 21.4. The van der Waals surface area contributed by atoms with Gasteiger partial charge in [0.25, 0.3) is 5.09 Å². The van der Waals surface area contributed by atoms with Crippen molar-refractivity contribution in [2.75, 3.05) is 12.3 Å². The Morgan fingerprint density at radius 2 is 2.08 bits per heavy atom. The number of Topliss-reactive ketones (excluding diaryl/α,β-unsaturated/α-hetero) is 1. The molecule has 1 saturated heterocycles. The summed E-state index contributed by atoms with van der Waals surface area (Å²) in [5.74, 6) is -3.88. The minimum atomic E-state index is -1.67. The van der Waals surface area contributed by atoms with Crippen LogP contribution in [-0.2, 0) is 24.6 Å². The molecule has 0 spiro atoms. The molecule has 0 aliphatic carbocycles. The zero-order chi connectivity index (χ0) is 28.2. The Hall–Kier alpha value is -2.96. The fourth-order valence-corrected chi connectivity index (χ4v) is 5.58. The van der Waals surface area contributed by atoms with Crippen LogP contribution < -0.4 is 5.73 Å². The molecule has 203 valence electrons. The molecule has 1 amide bonds. The van der Waals surface area contributed by atoms with Gasteiger partial charge in [0.15, 0.2) is 5.78 Å². The van der Waals surface area contributed by atoms with Gasteiger partial charge >= 0.3 is 5.97 Å². The van der Waals surface area contributed by atoms with Crippen molar-refractivity contribution in [2.24, 2.45) is 17.1 Å². The van der Waals surface area contributed by atoms with Gasteiger partial charge in [0.2, 0.25) is 5.91 Å². The smallest absolute Gasteiger partial charge is 0.326 e. The first-order chi connectivity index (χ1) is 18.0. The molecule has 12 heteroatoms. The molecular weight excluding hydrogens is 578 g/mol. The largest absolute Gasteiger partial charge is 0.480 e. The summed E-state index contributed by atoms with van der Waals surface area (Å²) in [6, 6.07) is 13.1. The van der Waals surface area contributed by atoms with E-state index in [0.29, 0.717) is 16.5 Å². The third kappa shape index (κ3) is 5.87. The number of nitrogens with two attached hydrogens (primary N) is 1. The van der Waals surface area contributed by atoms with Crippen molar-refractivity contribution in [3.63, 3.8) is 0 Å². The van der Waals surface area contributed by atoms with Crippen LogP contribution in [0.2, 0.25) is 0 Å². The molecule has 1 heterocycles.